The van der Waals surface area contributed by atoms with Crippen LogP contribution in [0.15, 0.2) is 18.2 Å². The fourth-order valence-corrected chi connectivity index (χ4v) is 1.48. The van der Waals surface area contributed by atoms with Crippen LogP contribution in [0, 0.1) is 19.7 Å². The summed E-state index contributed by atoms with van der Waals surface area (Å²) in [5.41, 5.74) is 2.56. The highest BCUT2D eigenvalue weighted by Gasteiger charge is 2.03. The SMILES string of the molecule is Cc1cc(F)c2[nH]c(C)cc2c1. The number of hydrogen-bond donors (Lipinski definition) is 1. The highest BCUT2D eigenvalue weighted by atomic mass is 19.1. The van der Waals surface area contributed by atoms with Gasteiger partial charge in [-0.2, -0.15) is 0 Å². The van der Waals surface area contributed by atoms with Crippen LogP contribution in [0.5, 0.6) is 0 Å². The Morgan fingerprint density at radius 2 is 1.92 bits per heavy atom. The van der Waals surface area contributed by atoms with Crippen molar-refractivity contribution < 1.29 is 4.39 Å². The Morgan fingerprint density at radius 3 is 2.67 bits per heavy atom. The van der Waals surface area contributed by atoms with Gasteiger partial charge in [0.25, 0.3) is 0 Å². The largest absolute Gasteiger partial charge is 0.356 e. The third-order valence-electron chi connectivity index (χ3n) is 1.96. The van der Waals surface area contributed by atoms with Gasteiger partial charge in [-0.3, -0.25) is 0 Å². The Morgan fingerprint density at radius 1 is 1.17 bits per heavy atom. The minimum atomic E-state index is -0.168. The van der Waals surface area contributed by atoms with Gasteiger partial charge < -0.3 is 4.98 Å². The van der Waals surface area contributed by atoms with E-state index in [1.54, 1.807) is 0 Å². The predicted molar refractivity (Wildman–Crippen MR) is 47.7 cm³/mol. The molecular formula is C10H10FN. The lowest BCUT2D eigenvalue weighted by Crippen LogP contribution is -1.79. The van der Waals surface area contributed by atoms with Crippen LogP contribution < -0.4 is 0 Å². The van der Waals surface area contributed by atoms with E-state index in [1.165, 1.54) is 6.07 Å². The predicted octanol–water partition coefficient (Wildman–Crippen LogP) is 2.92. The van der Waals surface area contributed by atoms with Crippen LogP contribution >= 0.6 is 0 Å². The number of hydrogen-bond acceptors (Lipinski definition) is 0. The van der Waals surface area contributed by atoms with Crippen molar-refractivity contribution in [2.45, 2.75) is 13.8 Å². The quantitative estimate of drug-likeness (QED) is 0.614. The van der Waals surface area contributed by atoms with Gasteiger partial charge in [-0.05, 0) is 37.6 Å². The average Bonchev–Trinajstić information content (AvgIpc) is 2.29. The first-order valence-corrected chi connectivity index (χ1v) is 3.92. The fourth-order valence-electron chi connectivity index (χ4n) is 1.48. The molecule has 2 aromatic rings. The number of halogens is 1. The molecule has 1 aromatic carbocycles. The molecule has 0 atom stereocenters. The maximum atomic E-state index is 13.2. The summed E-state index contributed by atoms with van der Waals surface area (Å²) in [5, 5.41) is 0.949. The number of aryl methyl sites for hydroxylation is 2. The van der Waals surface area contributed by atoms with Crippen LogP contribution in [0.4, 0.5) is 4.39 Å². The van der Waals surface area contributed by atoms with Crippen LogP contribution in [0.3, 0.4) is 0 Å². The molecular weight excluding hydrogens is 153 g/mol. The van der Waals surface area contributed by atoms with Crippen molar-refractivity contribution in [3.8, 4) is 0 Å². The van der Waals surface area contributed by atoms with Gasteiger partial charge in [0.15, 0.2) is 0 Å². The minimum Gasteiger partial charge on any atom is -0.356 e. The second-order valence-electron chi connectivity index (χ2n) is 3.16. The molecule has 0 unspecified atom stereocenters. The van der Waals surface area contributed by atoms with Crippen molar-refractivity contribution in [2.75, 3.05) is 0 Å². The van der Waals surface area contributed by atoms with Gasteiger partial charge >= 0.3 is 0 Å². The topological polar surface area (TPSA) is 15.8 Å². The van der Waals surface area contributed by atoms with E-state index in [4.69, 9.17) is 0 Å². The first kappa shape index (κ1) is 7.35. The molecule has 0 aliphatic carbocycles. The summed E-state index contributed by atoms with van der Waals surface area (Å²) in [4.78, 5) is 2.98. The van der Waals surface area contributed by atoms with Gasteiger partial charge in [0, 0.05) is 11.1 Å². The monoisotopic (exact) mass is 163 g/mol. The number of nitrogens with one attached hydrogen (secondary N) is 1. The normalized spacial score (nSPS) is 10.9. The lowest BCUT2D eigenvalue weighted by atomic mass is 10.2. The van der Waals surface area contributed by atoms with Crippen molar-refractivity contribution in [1.82, 2.24) is 4.98 Å². The van der Waals surface area contributed by atoms with E-state index in [1.807, 2.05) is 26.0 Å². The zero-order valence-electron chi connectivity index (χ0n) is 7.11. The van der Waals surface area contributed by atoms with Crippen molar-refractivity contribution in [3.05, 3.63) is 35.3 Å². The molecule has 0 amide bonds. The Balaban J connectivity index is 2.88. The summed E-state index contributed by atoms with van der Waals surface area (Å²) >= 11 is 0. The number of H-pyrrole nitrogens is 1. The molecule has 62 valence electrons. The maximum Gasteiger partial charge on any atom is 0.147 e. The van der Waals surface area contributed by atoms with Gasteiger partial charge in [0.05, 0.1) is 5.52 Å². The summed E-state index contributed by atoms with van der Waals surface area (Å²) in [5.74, 6) is -0.168. The highest BCUT2D eigenvalue weighted by Crippen LogP contribution is 2.19. The fraction of sp³-hybridized carbons (Fsp3) is 0.200. The summed E-state index contributed by atoms with van der Waals surface area (Å²) in [7, 11) is 0. The Hall–Kier alpha value is -1.31. The lowest BCUT2D eigenvalue weighted by Gasteiger charge is -1.94. The van der Waals surface area contributed by atoms with E-state index >= 15 is 0 Å². The maximum absolute atomic E-state index is 13.2. The van der Waals surface area contributed by atoms with Crippen LogP contribution in [0.2, 0.25) is 0 Å². The van der Waals surface area contributed by atoms with Gasteiger partial charge in [-0.1, -0.05) is 0 Å². The van der Waals surface area contributed by atoms with Gasteiger partial charge in [0.1, 0.15) is 5.82 Å². The first-order chi connectivity index (χ1) is 5.66. The summed E-state index contributed by atoms with van der Waals surface area (Å²) in [6, 6.07) is 5.46. The Labute approximate surface area is 70.2 Å². The van der Waals surface area contributed by atoms with Crippen molar-refractivity contribution >= 4 is 10.9 Å². The van der Waals surface area contributed by atoms with E-state index in [9.17, 15) is 4.39 Å². The molecule has 0 aliphatic heterocycles. The van der Waals surface area contributed by atoms with Crippen molar-refractivity contribution in [3.63, 3.8) is 0 Å². The summed E-state index contributed by atoms with van der Waals surface area (Å²) < 4.78 is 13.2. The van der Waals surface area contributed by atoms with Crippen molar-refractivity contribution in [1.29, 1.82) is 0 Å². The molecule has 0 saturated carbocycles. The molecule has 0 radical (unpaired) electrons. The molecule has 12 heavy (non-hydrogen) atoms. The van der Waals surface area contributed by atoms with E-state index < -0.39 is 0 Å². The lowest BCUT2D eigenvalue weighted by molar-refractivity contribution is 0.636. The van der Waals surface area contributed by atoms with Crippen molar-refractivity contribution in [2.24, 2.45) is 0 Å². The number of benzene rings is 1. The number of aromatic nitrogens is 1. The van der Waals surface area contributed by atoms with Crippen LogP contribution in [0.1, 0.15) is 11.3 Å². The minimum absolute atomic E-state index is 0.168. The zero-order valence-corrected chi connectivity index (χ0v) is 7.11. The van der Waals surface area contributed by atoms with Gasteiger partial charge in [0.2, 0.25) is 0 Å². The van der Waals surface area contributed by atoms with Crippen LogP contribution in [-0.4, -0.2) is 4.98 Å². The summed E-state index contributed by atoms with van der Waals surface area (Å²) in [6.45, 7) is 3.82. The smallest absolute Gasteiger partial charge is 0.147 e. The van der Waals surface area contributed by atoms with E-state index in [0.29, 0.717) is 5.52 Å². The number of rotatable bonds is 0. The van der Waals surface area contributed by atoms with Crippen LogP contribution in [-0.2, 0) is 0 Å². The number of aromatic amines is 1. The second kappa shape index (κ2) is 2.34. The second-order valence-corrected chi connectivity index (χ2v) is 3.16. The molecule has 0 aliphatic rings. The van der Waals surface area contributed by atoms with Crippen LogP contribution in [0.25, 0.3) is 10.9 Å². The number of fused-ring (bicyclic) bond motifs is 1. The molecule has 2 rings (SSSR count). The third-order valence-corrected chi connectivity index (χ3v) is 1.96. The molecule has 0 saturated heterocycles. The zero-order chi connectivity index (χ0) is 8.72. The molecule has 1 heterocycles. The van der Waals surface area contributed by atoms with E-state index in [-0.39, 0.29) is 5.82 Å². The molecule has 0 bridgehead atoms. The first-order valence-electron chi connectivity index (χ1n) is 3.92. The average molecular weight is 163 g/mol. The van der Waals surface area contributed by atoms with E-state index in [0.717, 1.165) is 16.6 Å². The summed E-state index contributed by atoms with van der Waals surface area (Å²) in [6.07, 6.45) is 0. The molecule has 1 aromatic heterocycles. The molecule has 0 spiro atoms. The molecule has 1 N–H and O–H groups in total. The third kappa shape index (κ3) is 0.998. The van der Waals surface area contributed by atoms with Gasteiger partial charge in [-0.15, -0.1) is 0 Å². The Bertz CT molecular complexity index is 429. The van der Waals surface area contributed by atoms with Gasteiger partial charge in [-0.25, -0.2) is 4.39 Å². The molecule has 2 heteroatoms. The molecule has 1 nitrogen and oxygen atoms in total. The highest BCUT2D eigenvalue weighted by molar-refractivity contribution is 5.81. The standard InChI is InChI=1S/C10H10FN/c1-6-3-8-5-7(2)12-10(8)9(11)4-6/h3-5,12H,1-2H3. The Kier molecular flexibility index (Phi) is 1.43. The van der Waals surface area contributed by atoms with E-state index in [2.05, 4.69) is 4.98 Å². The molecule has 0 fully saturated rings.